The van der Waals surface area contributed by atoms with Gasteiger partial charge in [-0.2, -0.15) is 0 Å². The smallest absolute Gasteiger partial charge is 0.254 e. The summed E-state index contributed by atoms with van der Waals surface area (Å²) in [5, 5.41) is 0. The number of hydrogen-bond donors (Lipinski definition) is 0. The summed E-state index contributed by atoms with van der Waals surface area (Å²) in [5.41, 5.74) is 2.58. The first-order valence-corrected chi connectivity index (χ1v) is 9.51. The molecule has 148 valence electrons. The van der Waals surface area contributed by atoms with Crippen molar-refractivity contribution in [3.8, 4) is 28.4 Å². The highest BCUT2D eigenvalue weighted by Gasteiger charge is 2.33. The molecule has 0 aliphatic carbocycles. The molecule has 0 radical (unpaired) electrons. The van der Waals surface area contributed by atoms with E-state index in [1.165, 1.54) is 0 Å². The summed E-state index contributed by atoms with van der Waals surface area (Å²) >= 11 is 0. The number of nitrogens with zero attached hydrogens (tertiary/aromatic N) is 1. The van der Waals surface area contributed by atoms with E-state index in [9.17, 15) is 4.79 Å². The fourth-order valence-corrected chi connectivity index (χ4v) is 3.43. The van der Waals surface area contributed by atoms with Crippen molar-refractivity contribution in [1.82, 2.24) is 4.90 Å². The van der Waals surface area contributed by atoms with Gasteiger partial charge in [0.2, 0.25) is 0 Å². The summed E-state index contributed by atoms with van der Waals surface area (Å²) in [6.07, 6.45) is -0.0107. The summed E-state index contributed by atoms with van der Waals surface area (Å²) in [7, 11) is 3.28. The zero-order valence-corrected chi connectivity index (χ0v) is 16.5. The van der Waals surface area contributed by atoms with E-state index in [1.807, 2.05) is 72.8 Å². The normalized spacial score (nSPS) is 13.5. The molecule has 0 atom stereocenters. The molecule has 3 aromatic rings. The number of ether oxygens (including phenoxy) is 3. The van der Waals surface area contributed by atoms with Crippen LogP contribution in [0.2, 0.25) is 0 Å². The van der Waals surface area contributed by atoms with E-state index in [4.69, 9.17) is 14.2 Å². The van der Waals surface area contributed by atoms with Crippen LogP contribution in [-0.2, 0) is 0 Å². The Hall–Kier alpha value is -3.47. The Morgan fingerprint density at radius 1 is 0.862 bits per heavy atom. The lowest BCUT2D eigenvalue weighted by Crippen LogP contribution is -2.56. The molecule has 29 heavy (non-hydrogen) atoms. The average molecular weight is 389 g/mol. The largest absolute Gasteiger partial charge is 0.497 e. The fourth-order valence-electron chi connectivity index (χ4n) is 3.43. The highest BCUT2D eigenvalue weighted by atomic mass is 16.5. The third-order valence-corrected chi connectivity index (χ3v) is 5.01. The van der Waals surface area contributed by atoms with Gasteiger partial charge in [0.1, 0.15) is 23.4 Å². The van der Waals surface area contributed by atoms with Gasteiger partial charge in [-0.15, -0.1) is 0 Å². The lowest BCUT2D eigenvalue weighted by Gasteiger charge is -2.39. The van der Waals surface area contributed by atoms with E-state index in [-0.39, 0.29) is 12.0 Å². The summed E-state index contributed by atoms with van der Waals surface area (Å²) < 4.78 is 16.6. The molecule has 1 saturated heterocycles. The minimum absolute atomic E-state index is 0.00670. The zero-order chi connectivity index (χ0) is 20.2. The Morgan fingerprint density at radius 2 is 1.62 bits per heavy atom. The van der Waals surface area contributed by atoms with Crippen LogP contribution in [0.5, 0.6) is 17.2 Å². The Bertz CT molecular complexity index is 1010. The molecule has 0 aromatic heterocycles. The Balaban J connectivity index is 1.42. The van der Waals surface area contributed by atoms with E-state index >= 15 is 0 Å². The van der Waals surface area contributed by atoms with Gasteiger partial charge in [-0.1, -0.05) is 36.4 Å². The molecule has 0 spiro atoms. The SMILES string of the molecule is COc1cccc(OC2CN(C(=O)c3cccc(-c4ccccc4OC)c3)C2)c1. The molecule has 1 amide bonds. The maximum atomic E-state index is 12.9. The molecule has 5 heteroatoms. The van der Waals surface area contributed by atoms with Crippen LogP contribution in [0.25, 0.3) is 11.1 Å². The number of hydrogen-bond acceptors (Lipinski definition) is 4. The van der Waals surface area contributed by atoms with Crippen LogP contribution in [-0.4, -0.2) is 44.2 Å². The van der Waals surface area contributed by atoms with Crippen LogP contribution in [0.3, 0.4) is 0 Å². The van der Waals surface area contributed by atoms with Gasteiger partial charge in [-0.05, 0) is 35.9 Å². The van der Waals surface area contributed by atoms with Gasteiger partial charge in [0.05, 0.1) is 27.3 Å². The number of para-hydroxylation sites is 1. The molecule has 0 unspecified atom stereocenters. The van der Waals surface area contributed by atoms with Crippen molar-refractivity contribution in [3.63, 3.8) is 0 Å². The molecule has 1 aliphatic rings. The number of amides is 1. The van der Waals surface area contributed by atoms with Crippen molar-refractivity contribution in [3.05, 3.63) is 78.4 Å². The molecule has 3 aromatic carbocycles. The van der Waals surface area contributed by atoms with Crippen molar-refractivity contribution < 1.29 is 19.0 Å². The molecule has 0 saturated carbocycles. The van der Waals surface area contributed by atoms with Crippen molar-refractivity contribution >= 4 is 5.91 Å². The number of methoxy groups -OCH3 is 2. The monoisotopic (exact) mass is 389 g/mol. The maximum absolute atomic E-state index is 12.9. The maximum Gasteiger partial charge on any atom is 0.254 e. The highest BCUT2D eigenvalue weighted by molar-refractivity contribution is 5.96. The highest BCUT2D eigenvalue weighted by Crippen LogP contribution is 2.30. The first kappa shape index (κ1) is 18.9. The van der Waals surface area contributed by atoms with Crippen LogP contribution < -0.4 is 14.2 Å². The standard InChI is InChI=1S/C24H23NO4/c1-27-19-9-6-10-20(14-19)29-21-15-25(16-21)24(26)18-8-5-7-17(13-18)22-11-3-4-12-23(22)28-2/h3-14,21H,15-16H2,1-2H3. The lowest BCUT2D eigenvalue weighted by molar-refractivity contribution is 0.0177. The van der Waals surface area contributed by atoms with Gasteiger partial charge >= 0.3 is 0 Å². The molecule has 1 heterocycles. The van der Waals surface area contributed by atoms with Crippen LogP contribution in [0, 0.1) is 0 Å². The Kier molecular flexibility index (Phi) is 5.38. The second-order valence-corrected chi connectivity index (χ2v) is 6.91. The first-order valence-electron chi connectivity index (χ1n) is 9.51. The second-order valence-electron chi connectivity index (χ2n) is 6.91. The van der Waals surface area contributed by atoms with E-state index in [1.54, 1.807) is 19.1 Å². The second kappa shape index (κ2) is 8.27. The average Bonchev–Trinajstić information content (AvgIpc) is 2.75. The molecule has 0 N–H and O–H groups in total. The predicted molar refractivity (Wildman–Crippen MR) is 112 cm³/mol. The molecule has 1 aliphatic heterocycles. The van der Waals surface area contributed by atoms with Gasteiger partial charge in [-0.3, -0.25) is 4.79 Å². The minimum Gasteiger partial charge on any atom is -0.497 e. The third-order valence-electron chi connectivity index (χ3n) is 5.01. The third kappa shape index (κ3) is 4.04. The van der Waals surface area contributed by atoms with Gasteiger partial charge in [0.15, 0.2) is 0 Å². The van der Waals surface area contributed by atoms with E-state index in [0.29, 0.717) is 18.7 Å². The molecular formula is C24H23NO4. The van der Waals surface area contributed by atoms with Gasteiger partial charge in [0, 0.05) is 17.2 Å². The molecule has 1 fully saturated rings. The molecular weight excluding hydrogens is 366 g/mol. The topological polar surface area (TPSA) is 48.0 Å². The van der Waals surface area contributed by atoms with Crippen LogP contribution in [0.15, 0.2) is 72.8 Å². The summed E-state index contributed by atoms with van der Waals surface area (Å²) in [5.74, 6) is 2.29. The van der Waals surface area contributed by atoms with Gasteiger partial charge < -0.3 is 19.1 Å². The van der Waals surface area contributed by atoms with Gasteiger partial charge in [-0.25, -0.2) is 0 Å². The van der Waals surface area contributed by atoms with Crippen LogP contribution in [0.4, 0.5) is 0 Å². The van der Waals surface area contributed by atoms with E-state index in [2.05, 4.69) is 0 Å². The van der Waals surface area contributed by atoms with E-state index in [0.717, 1.165) is 28.4 Å². The minimum atomic E-state index is -0.0107. The zero-order valence-electron chi connectivity index (χ0n) is 16.5. The summed E-state index contributed by atoms with van der Waals surface area (Å²) in [4.78, 5) is 14.7. The quantitative estimate of drug-likeness (QED) is 0.632. The van der Waals surface area contributed by atoms with Gasteiger partial charge in [0.25, 0.3) is 5.91 Å². The fraction of sp³-hybridized carbons (Fsp3) is 0.208. The van der Waals surface area contributed by atoms with Crippen molar-refractivity contribution in [2.75, 3.05) is 27.3 Å². The molecule has 0 bridgehead atoms. The van der Waals surface area contributed by atoms with Crippen LogP contribution >= 0.6 is 0 Å². The predicted octanol–water partition coefficient (Wildman–Crippen LogP) is 4.27. The van der Waals surface area contributed by atoms with Crippen molar-refractivity contribution in [1.29, 1.82) is 0 Å². The van der Waals surface area contributed by atoms with E-state index < -0.39 is 0 Å². The number of rotatable bonds is 6. The number of benzene rings is 3. The number of carbonyl (C=O) groups is 1. The summed E-state index contributed by atoms with van der Waals surface area (Å²) in [6, 6.07) is 22.9. The number of carbonyl (C=O) groups excluding carboxylic acids is 1. The van der Waals surface area contributed by atoms with Crippen molar-refractivity contribution in [2.45, 2.75) is 6.10 Å². The summed E-state index contributed by atoms with van der Waals surface area (Å²) in [6.45, 7) is 1.13. The first-order chi connectivity index (χ1) is 14.2. The van der Waals surface area contributed by atoms with Crippen LogP contribution in [0.1, 0.15) is 10.4 Å². The Labute approximate surface area is 170 Å². The van der Waals surface area contributed by atoms with Crippen molar-refractivity contribution in [2.24, 2.45) is 0 Å². The number of likely N-dealkylation sites (tertiary alicyclic amines) is 1. The Morgan fingerprint density at radius 3 is 2.41 bits per heavy atom. The lowest BCUT2D eigenvalue weighted by atomic mass is 10.0. The molecule has 5 nitrogen and oxygen atoms in total. The molecule has 4 rings (SSSR count).